The molecule has 1 aliphatic carbocycles. The number of carbonyl (C=O) groups is 1. The van der Waals surface area contributed by atoms with Gasteiger partial charge in [0.05, 0.1) is 23.5 Å². The molecule has 2 heterocycles. The highest BCUT2D eigenvalue weighted by Gasteiger charge is 2.28. The summed E-state index contributed by atoms with van der Waals surface area (Å²) in [6, 6.07) is 7.22. The summed E-state index contributed by atoms with van der Waals surface area (Å²) >= 11 is 0. The molecule has 1 fully saturated rings. The first-order valence-electron chi connectivity index (χ1n) is 9.07. The van der Waals surface area contributed by atoms with E-state index in [1.807, 2.05) is 6.07 Å². The van der Waals surface area contributed by atoms with Crippen molar-refractivity contribution in [3.8, 4) is 5.75 Å². The van der Waals surface area contributed by atoms with Gasteiger partial charge in [-0.1, -0.05) is 0 Å². The number of rotatable bonds is 4. The second kappa shape index (κ2) is 7.57. The molecule has 2 aromatic heterocycles. The quantitative estimate of drug-likeness (QED) is 0.690. The number of pyridine rings is 1. The number of nitrogen functional groups attached to an aromatic ring is 1. The van der Waals surface area contributed by atoms with Crippen LogP contribution in [0.2, 0.25) is 0 Å². The van der Waals surface area contributed by atoms with Gasteiger partial charge in [0.15, 0.2) is 0 Å². The maximum atomic E-state index is 12.4. The summed E-state index contributed by atoms with van der Waals surface area (Å²) in [5, 5.41) is 2.93. The SMILES string of the molecule is Nc1cc(OC2CCC(C(=O)Nc3cccnc3)CC2)c2nccnc2c1. The lowest BCUT2D eigenvalue weighted by Crippen LogP contribution is -2.31. The second-order valence-corrected chi connectivity index (χ2v) is 6.77. The molecule has 3 N–H and O–H groups in total. The van der Waals surface area contributed by atoms with Gasteiger partial charge in [-0.05, 0) is 43.9 Å². The van der Waals surface area contributed by atoms with Crippen molar-refractivity contribution in [2.24, 2.45) is 5.92 Å². The Hall–Kier alpha value is -3.22. The Kier molecular flexibility index (Phi) is 4.82. The summed E-state index contributed by atoms with van der Waals surface area (Å²) < 4.78 is 6.17. The van der Waals surface area contributed by atoms with E-state index in [9.17, 15) is 4.79 Å². The van der Waals surface area contributed by atoms with Crippen LogP contribution in [0.4, 0.5) is 11.4 Å². The lowest BCUT2D eigenvalue weighted by Gasteiger charge is -2.28. The van der Waals surface area contributed by atoms with E-state index in [0.717, 1.165) is 36.9 Å². The molecule has 0 saturated heterocycles. The van der Waals surface area contributed by atoms with Gasteiger partial charge in [-0.3, -0.25) is 14.8 Å². The fraction of sp³-hybridized carbons (Fsp3) is 0.300. The molecule has 4 rings (SSSR count). The van der Waals surface area contributed by atoms with E-state index < -0.39 is 0 Å². The number of carbonyl (C=O) groups excluding carboxylic acids is 1. The molecule has 7 heteroatoms. The number of hydrogen-bond donors (Lipinski definition) is 2. The molecule has 0 spiro atoms. The average molecular weight is 363 g/mol. The molecule has 3 aromatic rings. The van der Waals surface area contributed by atoms with Crippen LogP contribution in [0.15, 0.2) is 49.1 Å². The first-order valence-corrected chi connectivity index (χ1v) is 9.07. The Morgan fingerprint density at radius 2 is 1.93 bits per heavy atom. The standard InChI is InChI=1S/C20H21N5O2/c21-14-10-17-19(24-9-8-23-17)18(11-14)27-16-5-3-13(4-6-16)20(26)25-15-2-1-7-22-12-15/h1-2,7-13,16H,3-6,21H2,(H,25,26). The number of amides is 1. The molecule has 1 saturated carbocycles. The summed E-state index contributed by atoms with van der Waals surface area (Å²) in [4.78, 5) is 25.1. The smallest absolute Gasteiger partial charge is 0.227 e. The van der Waals surface area contributed by atoms with Crippen molar-refractivity contribution in [2.45, 2.75) is 31.8 Å². The van der Waals surface area contributed by atoms with Crippen molar-refractivity contribution in [2.75, 3.05) is 11.1 Å². The van der Waals surface area contributed by atoms with Crippen molar-refractivity contribution in [1.82, 2.24) is 15.0 Å². The van der Waals surface area contributed by atoms with Gasteiger partial charge in [0.25, 0.3) is 0 Å². The van der Waals surface area contributed by atoms with E-state index in [2.05, 4.69) is 20.3 Å². The fourth-order valence-electron chi connectivity index (χ4n) is 3.46. The van der Waals surface area contributed by atoms with Gasteiger partial charge in [-0.25, -0.2) is 4.98 Å². The van der Waals surface area contributed by atoms with E-state index >= 15 is 0 Å². The average Bonchev–Trinajstić information content (AvgIpc) is 2.69. The number of nitrogens with two attached hydrogens (primary N) is 1. The van der Waals surface area contributed by atoms with Gasteiger partial charge < -0.3 is 15.8 Å². The van der Waals surface area contributed by atoms with E-state index in [1.54, 1.807) is 43.0 Å². The fourth-order valence-corrected chi connectivity index (χ4v) is 3.46. The van der Waals surface area contributed by atoms with Gasteiger partial charge in [0.1, 0.15) is 11.3 Å². The first kappa shape index (κ1) is 17.2. The van der Waals surface area contributed by atoms with Gasteiger partial charge in [-0.2, -0.15) is 0 Å². The summed E-state index contributed by atoms with van der Waals surface area (Å²) in [6.07, 6.45) is 9.83. The van der Waals surface area contributed by atoms with Crippen LogP contribution in [-0.2, 0) is 4.79 Å². The molecule has 0 bridgehead atoms. The van der Waals surface area contributed by atoms with E-state index in [4.69, 9.17) is 10.5 Å². The van der Waals surface area contributed by atoms with Gasteiger partial charge in [-0.15, -0.1) is 0 Å². The lowest BCUT2D eigenvalue weighted by atomic mass is 9.86. The zero-order valence-corrected chi connectivity index (χ0v) is 14.8. The normalized spacial score (nSPS) is 19.6. The molecule has 7 nitrogen and oxygen atoms in total. The number of ether oxygens (including phenoxy) is 1. The van der Waals surface area contributed by atoms with Crippen LogP contribution in [0, 0.1) is 5.92 Å². The molecule has 138 valence electrons. The molecular weight excluding hydrogens is 342 g/mol. The Balaban J connectivity index is 1.38. The lowest BCUT2D eigenvalue weighted by molar-refractivity contribution is -0.121. The molecule has 0 atom stereocenters. The van der Waals surface area contributed by atoms with Crippen LogP contribution >= 0.6 is 0 Å². The van der Waals surface area contributed by atoms with Gasteiger partial charge >= 0.3 is 0 Å². The minimum absolute atomic E-state index is 0.0116. The van der Waals surface area contributed by atoms with Crippen LogP contribution in [0.5, 0.6) is 5.75 Å². The largest absolute Gasteiger partial charge is 0.488 e. The number of benzene rings is 1. The highest BCUT2D eigenvalue weighted by molar-refractivity contribution is 5.92. The topological polar surface area (TPSA) is 103 Å². The summed E-state index contributed by atoms with van der Waals surface area (Å²) in [5.74, 6) is 0.686. The Labute approximate surface area is 157 Å². The number of nitrogens with one attached hydrogen (secondary N) is 1. The molecule has 0 aliphatic heterocycles. The van der Waals surface area contributed by atoms with Crippen molar-refractivity contribution >= 4 is 28.3 Å². The molecule has 0 radical (unpaired) electrons. The Morgan fingerprint density at radius 1 is 1.11 bits per heavy atom. The maximum absolute atomic E-state index is 12.4. The van der Waals surface area contributed by atoms with Crippen LogP contribution in [-0.4, -0.2) is 27.0 Å². The van der Waals surface area contributed by atoms with Crippen molar-refractivity contribution in [3.05, 3.63) is 49.1 Å². The highest BCUT2D eigenvalue weighted by atomic mass is 16.5. The highest BCUT2D eigenvalue weighted by Crippen LogP contribution is 2.32. The van der Waals surface area contributed by atoms with Crippen molar-refractivity contribution in [1.29, 1.82) is 0 Å². The number of nitrogens with zero attached hydrogens (tertiary/aromatic N) is 3. The summed E-state index contributed by atoms with van der Waals surface area (Å²) in [7, 11) is 0. The first-order chi connectivity index (χ1) is 13.2. The van der Waals surface area contributed by atoms with E-state index in [-0.39, 0.29) is 17.9 Å². The molecule has 1 amide bonds. The van der Waals surface area contributed by atoms with Gasteiger partial charge in [0, 0.05) is 36.3 Å². The maximum Gasteiger partial charge on any atom is 0.227 e. The number of anilines is 2. The zero-order chi connectivity index (χ0) is 18.6. The third kappa shape index (κ3) is 3.97. The number of hydrogen-bond acceptors (Lipinski definition) is 6. The molecular formula is C20H21N5O2. The predicted molar refractivity (Wildman–Crippen MR) is 103 cm³/mol. The van der Waals surface area contributed by atoms with Crippen LogP contribution in [0.1, 0.15) is 25.7 Å². The molecule has 1 aliphatic rings. The Morgan fingerprint density at radius 3 is 2.70 bits per heavy atom. The minimum Gasteiger partial charge on any atom is -0.488 e. The van der Waals surface area contributed by atoms with Crippen LogP contribution in [0.25, 0.3) is 11.0 Å². The summed E-state index contributed by atoms with van der Waals surface area (Å²) in [5.41, 5.74) is 8.72. The molecule has 0 unspecified atom stereocenters. The van der Waals surface area contributed by atoms with E-state index in [0.29, 0.717) is 17.0 Å². The Bertz CT molecular complexity index is 940. The minimum atomic E-state index is -0.0116. The predicted octanol–water partition coefficient (Wildman–Crippen LogP) is 3.18. The van der Waals surface area contributed by atoms with Crippen LogP contribution in [0.3, 0.4) is 0 Å². The van der Waals surface area contributed by atoms with Gasteiger partial charge in [0.2, 0.25) is 5.91 Å². The molecule has 1 aromatic carbocycles. The summed E-state index contributed by atoms with van der Waals surface area (Å²) in [6.45, 7) is 0. The third-order valence-corrected chi connectivity index (χ3v) is 4.83. The zero-order valence-electron chi connectivity index (χ0n) is 14.8. The second-order valence-electron chi connectivity index (χ2n) is 6.77. The monoisotopic (exact) mass is 363 g/mol. The van der Waals surface area contributed by atoms with Crippen molar-refractivity contribution < 1.29 is 9.53 Å². The van der Waals surface area contributed by atoms with E-state index in [1.165, 1.54) is 0 Å². The third-order valence-electron chi connectivity index (χ3n) is 4.83. The number of aromatic nitrogens is 3. The number of fused-ring (bicyclic) bond motifs is 1. The van der Waals surface area contributed by atoms with Crippen molar-refractivity contribution in [3.63, 3.8) is 0 Å². The molecule has 27 heavy (non-hydrogen) atoms. The van der Waals surface area contributed by atoms with Crippen LogP contribution < -0.4 is 15.8 Å².